The number of rotatable bonds is 6. The molecule has 0 radical (unpaired) electrons. The van der Waals surface area contributed by atoms with Crippen LogP contribution in [0.3, 0.4) is 0 Å². The van der Waals surface area contributed by atoms with Gasteiger partial charge in [0.1, 0.15) is 11.3 Å². The Labute approximate surface area is 190 Å². The van der Waals surface area contributed by atoms with Gasteiger partial charge in [-0.1, -0.05) is 84.7 Å². The second-order valence-corrected chi connectivity index (χ2v) is 9.22. The highest BCUT2D eigenvalue weighted by Gasteiger charge is 2.25. The summed E-state index contributed by atoms with van der Waals surface area (Å²) < 4.78 is 6.61. The van der Waals surface area contributed by atoms with Crippen molar-refractivity contribution in [3.63, 3.8) is 0 Å². The van der Waals surface area contributed by atoms with Crippen LogP contribution in [0.25, 0.3) is 22.1 Å². The van der Waals surface area contributed by atoms with Crippen LogP contribution in [0.2, 0.25) is 0 Å². The Morgan fingerprint density at radius 1 is 0.871 bits per heavy atom. The molecule has 0 saturated heterocycles. The molecule has 0 spiro atoms. The molecular weight excluding hydrogens is 452 g/mol. The quantitative estimate of drug-likeness (QED) is 0.293. The summed E-state index contributed by atoms with van der Waals surface area (Å²) in [6.45, 7) is 4.33. The lowest BCUT2D eigenvalue weighted by Gasteiger charge is -2.20. The molecule has 3 nitrogen and oxygen atoms in total. The van der Waals surface area contributed by atoms with Crippen molar-refractivity contribution in [1.29, 1.82) is 0 Å². The van der Waals surface area contributed by atoms with Crippen LogP contribution in [-0.4, -0.2) is 5.11 Å². The smallest absolute Gasteiger partial charge is 0.343 e. The van der Waals surface area contributed by atoms with E-state index in [1.807, 2.05) is 18.2 Å². The second kappa shape index (κ2) is 9.11. The van der Waals surface area contributed by atoms with Crippen LogP contribution in [0.15, 0.2) is 86.5 Å². The molecule has 0 fully saturated rings. The fourth-order valence-corrected chi connectivity index (χ4v) is 4.25. The number of para-hydroxylation sites is 1. The summed E-state index contributed by atoms with van der Waals surface area (Å²) in [5.74, 6) is 0.277. The van der Waals surface area contributed by atoms with E-state index in [9.17, 15) is 9.90 Å². The first-order valence-corrected chi connectivity index (χ1v) is 11.3. The predicted molar refractivity (Wildman–Crippen MR) is 130 cm³/mol. The van der Waals surface area contributed by atoms with Gasteiger partial charge in [0.15, 0.2) is 0 Å². The van der Waals surface area contributed by atoms with E-state index in [1.54, 1.807) is 18.2 Å². The first-order chi connectivity index (χ1) is 14.9. The Bertz CT molecular complexity index is 1240. The topological polar surface area (TPSA) is 50.4 Å². The van der Waals surface area contributed by atoms with Gasteiger partial charge < -0.3 is 9.52 Å². The van der Waals surface area contributed by atoms with Gasteiger partial charge in [-0.15, -0.1) is 0 Å². The van der Waals surface area contributed by atoms with Gasteiger partial charge in [0.2, 0.25) is 0 Å². The summed E-state index contributed by atoms with van der Waals surface area (Å²) in [6, 6.07) is 23.5. The fraction of sp³-hybridized carbons (Fsp3) is 0.222. The zero-order valence-corrected chi connectivity index (χ0v) is 19.2. The molecule has 0 saturated carbocycles. The van der Waals surface area contributed by atoms with Crippen molar-refractivity contribution in [2.45, 2.75) is 32.6 Å². The molecule has 0 aliphatic carbocycles. The highest BCUT2D eigenvalue weighted by atomic mass is 79.9. The second-order valence-electron chi connectivity index (χ2n) is 8.30. The monoisotopic (exact) mass is 476 g/mol. The van der Waals surface area contributed by atoms with E-state index in [0.29, 0.717) is 22.5 Å². The van der Waals surface area contributed by atoms with Crippen molar-refractivity contribution < 1.29 is 9.52 Å². The van der Waals surface area contributed by atoms with Crippen molar-refractivity contribution in [1.82, 2.24) is 0 Å². The Balaban J connectivity index is 1.78. The largest absolute Gasteiger partial charge is 0.507 e. The van der Waals surface area contributed by atoms with Crippen LogP contribution in [-0.2, 0) is 0 Å². The minimum absolute atomic E-state index is 0.0255. The normalized spacial score (nSPS) is 12.4. The van der Waals surface area contributed by atoms with Crippen LogP contribution >= 0.6 is 15.9 Å². The number of aromatic hydroxyl groups is 1. The van der Waals surface area contributed by atoms with Gasteiger partial charge in [0.25, 0.3) is 0 Å². The molecular formula is C27H25BrO3. The van der Waals surface area contributed by atoms with Gasteiger partial charge in [-0.25, -0.2) is 4.79 Å². The van der Waals surface area contributed by atoms with Crippen molar-refractivity contribution in [2.24, 2.45) is 5.92 Å². The van der Waals surface area contributed by atoms with Gasteiger partial charge in [0, 0.05) is 10.4 Å². The third kappa shape index (κ3) is 4.59. The van der Waals surface area contributed by atoms with Gasteiger partial charge in [-0.05, 0) is 53.3 Å². The van der Waals surface area contributed by atoms with E-state index in [1.165, 1.54) is 0 Å². The summed E-state index contributed by atoms with van der Waals surface area (Å²) in [7, 11) is 0. The average molecular weight is 477 g/mol. The number of hydrogen-bond acceptors (Lipinski definition) is 3. The minimum atomic E-state index is -0.470. The molecule has 4 rings (SSSR count). The standard InChI is InChI=1S/C27H25BrO3/c1-17(2)7-16-22(25-26(29)23-5-3-4-6-24(23)31-27(25)30)20-10-8-18(9-11-20)19-12-14-21(28)15-13-19/h3-6,8-15,17,22,29H,7,16H2,1-2H3. The molecule has 1 atom stereocenters. The molecule has 1 aromatic heterocycles. The highest BCUT2D eigenvalue weighted by Crippen LogP contribution is 2.38. The summed E-state index contributed by atoms with van der Waals surface area (Å²) in [4.78, 5) is 12.9. The van der Waals surface area contributed by atoms with E-state index in [4.69, 9.17) is 4.42 Å². The molecule has 4 aromatic rings. The van der Waals surface area contributed by atoms with Gasteiger partial charge in [-0.2, -0.15) is 0 Å². The van der Waals surface area contributed by atoms with Gasteiger partial charge in [-0.3, -0.25) is 0 Å². The van der Waals surface area contributed by atoms with E-state index >= 15 is 0 Å². The SMILES string of the molecule is CC(C)CCC(c1ccc(-c2ccc(Br)cc2)cc1)c1c(O)c2ccccc2oc1=O. The average Bonchev–Trinajstić information content (AvgIpc) is 2.76. The first-order valence-electron chi connectivity index (χ1n) is 10.5. The molecule has 0 amide bonds. The third-order valence-electron chi connectivity index (χ3n) is 5.69. The van der Waals surface area contributed by atoms with Crippen LogP contribution in [0.1, 0.15) is 43.7 Å². The molecule has 4 heteroatoms. The summed E-state index contributed by atoms with van der Waals surface area (Å²) in [6.07, 6.45) is 1.69. The van der Waals surface area contributed by atoms with Crippen LogP contribution in [0.5, 0.6) is 5.75 Å². The molecule has 0 bridgehead atoms. The molecule has 3 aromatic carbocycles. The molecule has 1 N–H and O–H groups in total. The van der Waals surface area contributed by atoms with Crippen molar-refractivity contribution >= 4 is 26.9 Å². The fourth-order valence-electron chi connectivity index (χ4n) is 3.98. The van der Waals surface area contributed by atoms with Crippen molar-refractivity contribution in [2.75, 3.05) is 0 Å². The van der Waals surface area contributed by atoms with Crippen molar-refractivity contribution in [3.8, 4) is 16.9 Å². The minimum Gasteiger partial charge on any atom is -0.507 e. The Hall–Kier alpha value is -2.85. The van der Waals surface area contributed by atoms with Crippen LogP contribution in [0, 0.1) is 5.92 Å². The Morgan fingerprint density at radius 2 is 1.48 bits per heavy atom. The van der Waals surface area contributed by atoms with Crippen LogP contribution in [0.4, 0.5) is 0 Å². The van der Waals surface area contributed by atoms with E-state index in [2.05, 4.69) is 66.2 Å². The summed E-state index contributed by atoms with van der Waals surface area (Å²) >= 11 is 3.47. The molecule has 0 aliphatic heterocycles. The zero-order chi connectivity index (χ0) is 22.0. The molecule has 0 aliphatic rings. The van der Waals surface area contributed by atoms with E-state index < -0.39 is 5.63 Å². The highest BCUT2D eigenvalue weighted by molar-refractivity contribution is 9.10. The lowest BCUT2D eigenvalue weighted by molar-refractivity contribution is 0.441. The number of benzene rings is 3. The lowest BCUT2D eigenvalue weighted by atomic mass is 9.85. The Kier molecular flexibility index (Phi) is 6.28. The predicted octanol–water partition coefficient (Wildman–Crippen LogP) is 7.50. The number of halogens is 1. The summed E-state index contributed by atoms with van der Waals surface area (Å²) in [5, 5.41) is 11.6. The van der Waals surface area contributed by atoms with Gasteiger partial charge >= 0.3 is 5.63 Å². The third-order valence-corrected chi connectivity index (χ3v) is 6.22. The zero-order valence-electron chi connectivity index (χ0n) is 17.6. The molecule has 31 heavy (non-hydrogen) atoms. The van der Waals surface area contributed by atoms with E-state index in [-0.39, 0.29) is 11.7 Å². The molecule has 1 heterocycles. The maximum absolute atomic E-state index is 12.9. The Morgan fingerprint density at radius 3 is 2.13 bits per heavy atom. The maximum Gasteiger partial charge on any atom is 0.343 e. The van der Waals surface area contributed by atoms with Crippen LogP contribution < -0.4 is 5.63 Å². The maximum atomic E-state index is 12.9. The lowest BCUT2D eigenvalue weighted by Crippen LogP contribution is -2.15. The van der Waals surface area contributed by atoms with E-state index in [0.717, 1.165) is 34.0 Å². The first kappa shape index (κ1) is 21.4. The molecule has 158 valence electrons. The van der Waals surface area contributed by atoms with Crippen molar-refractivity contribution in [3.05, 3.63) is 98.8 Å². The molecule has 1 unspecified atom stereocenters. The van der Waals surface area contributed by atoms with Gasteiger partial charge in [0.05, 0.1) is 10.9 Å². The summed E-state index contributed by atoms with van der Waals surface area (Å²) in [5.41, 5.74) is 3.51. The number of hydrogen-bond donors (Lipinski definition) is 1. The number of fused-ring (bicyclic) bond motifs is 1.